The number of benzene rings is 1. The highest BCUT2D eigenvalue weighted by atomic mass is 35.5. The van der Waals surface area contributed by atoms with Gasteiger partial charge in [-0.3, -0.25) is 4.79 Å². The third-order valence-electron chi connectivity index (χ3n) is 2.70. The van der Waals surface area contributed by atoms with Crippen molar-refractivity contribution in [2.24, 2.45) is 0 Å². The quantitative estimate of drug-likeness (QED) is 0.807. The minimum Gasteiger partial charge on any atom is -0.497 e. The largest absolute Gasteiger partial charge is 0.497 e. The molecule has 18 heavy (non-hydrogen) atoms. The summed E-state index contributed by atoms with van der Waals surface area (Å²) in [5.41, 5.74) is 0.672. The van der Waals surface area contributed by atoms with Gasteiger partial charge in [0.15, 0.2) is 0 Å². The molecule has 0 aliphatic rings. The Morgan fingerprint density at radius 3 is 2.78 bits per heavy atom. The monoisotopic (exact) mass is 269 g/mol. The molecule has 3 nitrogen and oxygen atoms in total. The minimum absolute atomic E-state index is 0.00151. The zero-order valence-electron chi connectivity index (χ0n) is 11.1. The lowest BCUT2D eigenvalue weighted by Gasteiger charge is -2.25. The van der Waals surface area contributed by atoms with Crippen LogP contribution in [0.4, 0.5) is 0 Å². The van der Waals surface area contributed by atoms with Gasteiger partial charge in [0.05, 0.1) is 13.5 Å². The van der Waals surface area contributed by atoms with E-state index in [4.69, 9.17) is 16.3 Å². The van der Waals surface area contributed by atoms with Crippen molar-refractivity contribution in [3.63, 3.8) is 0 Å². The van der Waals surface area contributed by atoms with Crippen LogP contribution < -0.4 is 10.1 Å². The van der Waals surface area contributed by atoms with Crippen molar-refractivity contribution in [3.8, 4) is 5.75 Å². The standard InChI is InChI=1S/C14H20ClNO2/c1-14(2,7-8-15)16-13(17)10-11-5-4-6-12(9-11)18-3/h4-6,9H,7-8,10H2,1-3H3,(H,16,17). The smallest absolute Gasteiger partial charge is 0.224 e. The fraction of sp³-hybridized carbons (Fsp3) is 0.500. The summed E-state index contributed by atoms with van der Waals surface area (Å²) in [5.74, 6) is 1.30. The number of methoxy groups -OCH3 is 1. The Morgan fingerprint density at radius 1 is 1.44 bits per heavy atom. The molecular formula is C14H20ClNO2. The molecule has 1 aromatic rings. The zero-order chi connectivity index (χ0) is 13.6. The lowest BCUT2D eigenvalue weighted by molar-refractivity contribution is -0.122. The average Bonchev–Trinajstić information content (AvgIpc) is 2.28. The number of alkyl halides is 1. The topological polar surface area (TPSA) is 38.3 Å². The van der Waals surface area contributed by atoms with E-state index in [1.165, 1.54) is 0 Å². The van der Waals surface area contributed by atoms with Crippen LogP contribution in [0.3, 0.4) is 0 Å². The molecule has 0 atom stereocenters. The van der Waals surface area contributed by atoms with Gasteiger partial charge in [-0.1, -0.05) is 12.1 Å². The number of ether oxygens (including phenoxy) is 1. The van der Waals surface area contributed by atoms with E-state index < -0.39 is 0 Å². The van der Waals surface area contributed by atoms with Gasteiger partial charge >= 0.3 is 0 Å². The summed E-state index contributed by atoms with van der Waals surface area (Å²) in [5, 5.41) is 2.98. The summed E-state index contributed by atoms with van der Waals surface area (Å²) in [4.78, 5) is 11.9. The van der Waals surface area contributed by atoms with E-state index in [2.05, 4.69) is 5.32 Å². The molecule has 0 aromatic heterocycles. The summed E-state index contributed by atoms with van der Waals surface area (Å²) in [7, 11) is 1.61. The number of hydrogen-bond donors (Lipinski definition) is 1. The number of carbonyl (C=O) groups excluding carboxylic acids is 1. The second kappa shape index (κ2) is 6.64. The number of rotatable bonds is 6. The number of carbonyl (C=O) groups is 1. The zero-order valence-corrected chi connectivity index (χ0v) is 11.9. The molecule has 1 aromatic carbocycles. The molecule has 0 heterocycles. The first-order valence-corrected chi connectivity index (χ1v) is 6.50. The Bertz CT molecular complexity index is 405. The van der Waals surface area contributed by atoms with Gasteiger partial charge in [0.2, 0.25) is 5.91 Å². The summed E-state index contributed by atoms with van der Waals surface area (Å²) in [6, 6.07) is 7.52. The number of halogens is 1. The van der Waals surface area contributed by atoms with Crippen LogP contribution in [0.15, 0.2) is 24.3 Å². The molecule has 0 bridgehead atoms. The minimum atomic E-state index is -0.266. The molecule has 0 spiro atoms. The van der Waals surface area contributed by atoms with E-state index in [1.807, 2.05) is 38.1 Å². The van der Waals surface area contributed by atoms with Crippen LogP contribution in [0, 0.1) is 0 Å². The highest BCUT2D eigenvalue weighted by Gasteiger charge is 2.19. The average molecular weight is 270 g/mol. The second-order valence-corrected chi connectivity index (χ2v) is 5.28. The molecule has 100 valence electrons. The number of amides is 1. The van der Waals surface area contributed by atoms with Crippen molar-refractivity contribution in [1.29, 1.82) is 0 Å². The van der Waals surface area contributed by atoms with Gasteiger partial charge in [-0.2, -0.15) is 0 Å². The molecule has 0 aliphatic heterocycles. The van der Waals surface area contributed by atoms with Gasteiger partial charge in [-0.15, -0.1) is 11.6 Å². The lowest BCUT2D eigenvalue weighted by atomic mass is 10.0. The first-order chi connectivity index (χ1) is 8.46. The van der Waals surface area contributed by atoms with E-state index in [9.17, 15) is 4.79 Å². The Labute approximate surface area is 113 Å². The predicted molar refractivity (Wildman–Crippen MR) is 74.3 cm³/mol. The Kier molecular flexibility index (Phi) is 5.48. The van der Waals surface area contributed by atoms with Crippen molar-refractivity contribution in [3.05, 3.63) is 29.8 Å². The third-order valence-corrected chi connectivity index (χ3v) is 2.89. The number of hydrogen-bond acceptors (Lipinski definition) is 2. The van der Waals surface area contributed by atoms with Crippen molar-refractivity contribution < 1.29 is 9.53 Å². The van der Waals surface area contributed by atoms with Crippen molar-refractivity contribution >= 4 is 17.5 Å². The van der Waals surface area contributed by atoms with Crippen molar-refractivity contribution in [1.82, 2.24) is 5.32 Å². The maximum Gasteiger partial charge on any atom is 0.224 e. The van der Waals surface area contributed by atoms with Gasteiger partial charge in [0.25, 0.3) is 0 Å². The molecular weight excluding hydrogens is 250 g/mol. The van der Waals surface area contributed by atoms with E-state index >= 15 is 0 Å². The van der Waals surface area contributed by atoms with Crippen molar-refractivity contribution in [2.45, 2.75) is 32.2 Å². The maximum absolute atomic E-state index is 11.9. The molecule has 0 saturated carbocycles. The van der Waals surface area contributed by atoms with E-state index in [0.717, 1.165) is 17.7 Å². The summed E-state index contributed by atoms with van der Waals surface area (Å²) < 4.78 is 5.13. The first kappa shape index (κ1) is 14.8. The summed E-state index contributed by atoms with van der Waals surface area (Å²) in [6.45, 7) is 3.94. The van der Waals surface area contributed by atoms with Crippen LogP contribution >= 0.6 is 11.6 Å². The molecule has 0 radical (unpaired) electrons. The first-order valence-electron chi connectivity index (χ1n) is 5.97. The summed E-state index contributed by atoms with van der Waals surface area (Å²) >= 11 is 5.70. The van der Waals surface area contributed by atoms with Crippen LogP contribution in [0.5, 0.6) is 5.75 Å². The fourth-order valence-electron chi connectivity index (χ4n) is 1.69. The van der Waals surface area contributed by atoms with Gasteiger partial charge in [-0.05, 0) is 38.0 Å². The van der Waals surface area contributed by atoms with Crippen LogP contribution in [0.1, 0.15) is 25.8 Å². The number of nitrogens with one attached hydrogen (secondary N) is 1. The lowest BCUT2D eigenvalue weighted by Crippen LogP contribution is -2.44. The van der Waals surface area contributed by atoms with Gasteiger partial charge in [0.1, 0.15) is 5.75 Å². The van der Waals surface area contributed by atoms with Crippen LogP contribution in [-0.2, 0) is 11.2 Å². The third kappa shape index (κ3) is 4.96. The van der Waals surface area contributed by atoms with E-state index in [1.54, 1.807) is 7.11 Å². The molecule has 4 heteroatoms. The SMILES string of the molecule is COc1cccc(CC(=O)NC(C)(C)CCCl)c1. The van der Waals surface area contributed by atoms with Gasteiger partial charge in [-0.25, -0.2) is 0 Å². The molecule has 1 amide bonds. The fourth-order valence-corrected chi connectivity index (χ4v) is 2.16. The highest BCUT2D eigenvalue weighted by molar-refractivity contribution is 6.17. The second-order valence-electron chi connectivity index (χ2n) is 4.90. The normalized spacial score (nSPS) is 11.1. The van der Waals surface area contributed by atoms with Gasteiger partial charge in [0, 0.05) is 11.4 Å². The van der Waals surface area contributed by atoms with Crippen molar-refractivity contribution in [2.75, 3.05) is 13.0 Å². The Hall–Kier alpha value is -1.22. The van der Waals surface area contributed by atoms with E-state index in [-0.39, 0.29) is 11.4 Å². The molecule has 1 rings (SSSR count). The molecule has 1 N–H and O–H groups in total. The predicted octanol–water partition coefficient (Wildman–Crippen LogP) is 2.76. The molecule has 0 aliphatic carbocycles. The Morgan fingerprint density at radius 2 is 2.17 bits per heavy atom. The molecule has 0 unspecified atom stereocenters. The van der Waals surface area contributed by atoms with Crippen LogP contribution in [0.25, 0.3) is 0 Å². The molecule has 0 fully saturated rings. The van der Waals surface area contributed by atoms with E-state index in [0.29, 0.717) is 12.3 Å². The van der Waals surface area contributed by atoms with Crippen LogP contribution in [-0.4, -0.2) is 24.4 Å². The maximum atomic E-state index is 11.9. The van der Waals surface area contributed by atoms with Crippen LogP contribution in [0.2, 0.25) is 0 Å². The summed E-state index contributed by atoms with van der Waals surface area (Å²) in [6.07, 6.45) is 1.10. The highest BCUT2D eigenvalue weighted by Crippen LogP contribution is 2.14. The van der Waals surface area contributed by atoms with Gasteiger partial charge < -0.3 is 10.1 Å². The Balaban J connectivity index is 2.59. The molecule has 0 saturated heterocycles.